The normalized spacial score (nSPS) is 33.9. The van der Waals surface area contributed by atoms with E-state index in [0.29, 0.717) is 88.3 Å². The van der Waals surface area contributed by atoms with Crippen LogP contribution in [0.15, 0.2) is 66.7 Å². The molecule has 2 saturated heterocycles. The van der Waals surface area contributed by atoms with Gasteiger partial charge in [-0.2, -0.15) is 0 Å². The number of esters is 3. The number of rotatable bonds is 9. The first-order chi connectivity index (χ1) is 32.1. The van der Waals surface area contributed by atoms with Gasteiger partial charge in [-0.25, -0.2) is 4.79 Å². The molecule has 1 aliphatic carbocycles. The molecule has 14 heteroatoms. The smallest absolute Gasteiger partial charge is 0.344 e. The molecule has 14 nitrogen and oxygen atoms in total. The number of nitrogens with zero attached hydrogens (tertiary/aromatic N) is 3. The molecule has 3 fully saturated rings. The summed E-state index contributed by atoms with van der Waals surface area (Å²) in [6.45, 7) is 8.48. The van der Waals surface area contributed by atoms with Gasteiger partial charge >= 0.3 is 17.9 Å². The summed E-state index contributed by atoms with van der Waals surface area (Å²) in [5.74, 6) is -0.924. The number of anilines is 1. The number of ether oxygens (including phenoxy) is 5. The molecule has 1 unspecified atom stereocenters. The molecule has 0 radical (unpaired) electrons. The Morgan fingerprint density at radius 3 is 2.34 bits per heavy atom. The highest BCUT2D eigenvalue weighted by Gasteiger charge is 2.80. The van der Waals surface area contributed by atoms with Crippen molar-refractivity contribution in [1.82, 2.24) is 14.8 Å². The number of H-pyrrole nitrogens is 1. The second-order valence-corrected chi connectivity index (χ2v) is 20.2. The second kappa shape index (κ2) is 16.1. The van der Waals surface area contributed by atoms with E-state index in [1.165, 1.54) is 21.1 Å². The van der Waals surface area contributed by atoms with E-state index in [0.717, 1.165) is 44.6 Å². The van der Waals surface area contributed by atoms with Gasteiger partial charge in [0, 0.05) is 90.9 Å². The molecule has 3 aromatic carbocycles. The zero-order valence-electron chi connectivity index (χ0n) is 39.9. The predicted molar refractivity (Wildman–Crippen MR) is 252 cm³/mol. The highest BCUT2D eigenvalue weighted by atomic mass is 16.6. The molecule has 1 aromatic heterocycles. The molecule has 10 rings (SSSR count). The van der Waals surface area contributed by atoms with Crippen molar-refractivity contribution in [3.63, 3.8) is 0 Å². The Morgan fingerprint density at radius 2 is 1.64 bits per heavy atom. The minimum Gasteiger partial charge on any atom is -0.497 e. The van der Waals surface area contributed by atoms with Crippen molar-refractivity contribution < 1.29 is 48.3 Å². The van der Waals surface area contributed by atoms with E-state index in [1.54, 1.807) is 14.2 Å². The topological polar surface area (TPSA) is 163 Å². The van der Waals surface area contributed by atoms with Crippen LogP contribution < -0.4 is 14.4 Å². The first-order valence-electron chi connectivity index (χ1n) is 23.8. The van der Waals surface area contributed by atoms with Gasteiger partial charge in [-0.1, -0.05) is 44.2 Å². The second-order valence-electron chi connectivity index (χ2n) is 20.2. The molecule has 1 saturated carbocycles. The summed E-state index contributed by atoms with van der Waals surface area (Å²) in [7, 11) is 7.81. The largest absolute Gasteiger partial charge is 0.497 e. The van der Waals surface area contributed by atoms with Gasteiger partial charge in [0.25, 0.3) is 0 Å². The van der Waals surface area contributed by atoms with E-state index >= 15 is 4.79 Å². The maximum atomic E-state index is 15.7. The van der Waals surface area contributed by atoms with Gasteiger partial charge in [-0.3, -0.25) is 19.4 Å². The third-order valence-corrected chi connectivity index (χ3v) is 17.1. The zero-order valence-corrected chi connectivity index (χ0v) is 39.9. The number of hydrogen-bond acceptors (Lipinski definition) is 13. The Morgan fingerprint density at radius 1 is 0.866 bits per heavy atom. The Hall–Kier alpha value is -5.41. The highest BCUT2D eigenvalue weighted by Crippen LogP contribution is 2.68. The van der Waals surface area contributed by atoms with E-state index in [4.69, 9.17) is 23.7 Å². The van der Waals surface area contributed by atoms with Crippen molar-refractivity contribution in [1.29, 1.82) is 0 Å². The minimum absolute atomic E-state index is 0.143. The molecule has 10 atom stereocenters. The number of fused-ring (bicyclic) bond motifs is 6. The third kappa shape index (κ3) is 6.24. The van der Waals surface area contributed by atoms with Crippen molar-refractivity contribution in [2.24, 2.45) is 11.3 Å². The van der Waals surface area contributed by atoms with Gasteiger partial charge < -0.3 is 43.8 Å². The first kappa shape index (κ1) is 45.4. The van der Waals surface area contributed by atoms with Crippen molar-refractivity contribution in [2.75, 3.05) is 73.1 Å². The van der Waals surface area contributed by atoms with Gasteiger partial charge in [-0.05, 0) is 104 Å². The molecule has 6 aliphatic rings. The third-order valence-electron chi connectivity index (χ3n) is 17.1. The number of carbonyl (C=O) groups excluding carboxylic acids is 3. The minimum atomic E-state index is -2.33. The Balaban J connectivity index is 1.27. The lowest BCUT2D eigenvalue weighted by Crippen LogP contribution is -2.81. The molecular weight excluding hydrogens is 853 g/mol. The number of aromatic amines is 1. The molecule has 0 amide bonds. The Kier molecular flexibility index (Phi) is 10.9. The summed E-state index contributed by atoms with van der Waals surface area (Å²) >= 11 is 0. The predicted octanol–water partition coefficient (Wildman–Crippen LogP) is 5.67. The van der Waals surface area contributed by atoms with Crippen LogP contribution in [0.3, 0.4) is 0 Å². The molecule has 5 aliphatic heterocycles. The summed E-state index contributed by atoms with van der Waals surface area (Å²) in [6.07, 6.45) is 5.74. The molecule has 356 valence electrons. The molecule has 2 bridgehead atoms. The molecule has 3 N–H and O–H groups in total. The molecule has 1 spiro atoms. The van der Waals surface area contributed by atoms with Gasteiger partial charge in [0.05, 0.1) is 40.1 Å². The van der Waals surface area contributed by atoms with E-state index < -0.39 is 57.5 Å². The fourth-order valence-corrected chi connectivity index (χ4v) is 14.5. The molecule has 6 heterocycles. The lowest BCUT2D eigenvalue weighted by Gasteiger charge is -2.63. The van der Waals surface area contributed by atoms with E-state index in [1.807, 2.05) is 50.1 Å². The maximum absolute atomic E-state index is 15.7. The van der Waals surface area contributed by atoms with Crippen molar-refractivity contribution in [3.05, 3.63) is 89.1 Å². The van der Waals surface area contributed by atoms with Crippen molar-refractivity contribution in [3.8, 4) is 22.6 Å². The number of carbonyl (C=O) groups is 3. The number of nitrogens with one attached hydrogen (secondary N) is 1. The van der Waals surface area contributed by atoms with E-state index in [9.17, 15) is 19.8 Å². The fraction of sp³-hybridized carbons (Fsp3) is 0.528. The van der Waals surface area contributed by atoms with Gasteiger partial charge in [-0.15, -0.1) is 0 Å². The number of methoxy groups -OCH3 is 4. The van der Waals surface area contributed by atoms with Crippen LogP contribution in [0.1, 0.15) is 75.3 Å². The maximum Gasteiger partial charge on any atom is 0.344 e. The number of aromatic nitrogens is 1. The summed E-state index contributed by atoms with van der Waals surface area (Å²) in [4.78, 5) is 53.8. The number of hydrogen-bond donors (Lipinski definition) is 3. The Bertz CT molecular complexity index is 2700. The standard InChI is InChI=1S/C53H64N4O10/c1-9-49(61)27-32-28-52(47(59)65-7,43-36(17-21-56(29-32)30-49)37-24-34(15-16-40(37)54-43)33-13-11-14-35(23-33)63-5)39-25-38-41(26-42(39)64-6)55(4)45-51(38)19-22-57-20-12-18-50(10-2,44(51)57)46(67-31(3)58)53(45,62)48(60)66-8/h11-16,18,23-26,32,44-46,54,61-62H,9-10,17,19-22,27-30H2,1-8H3/t32-,44+,45-,46-,49+,50-,51-,52+,53+/m1/s1. The lowest BCUT2D eigenvalue weighted by atomic mass is 9.47. The Labute approximate surface area is 392 Å². The fourth-order valence-electron chi connectivity index (χ4n) is 14.5. The van der Waals surface area contributed by atoms with Crippen LogP contribution in [0.5, 0.6) is 11.5 Å². The highest BCUT2D eigenvalue weighted by molar-refractivity contribution is 5.96. The molecule has 4 aromatic rings. The summed E-state index contributed by atoms with van der Waals surface area (Å²) in [5, 5.41) is 26.6. The molecular formula is C53H64N4O10. The zero-order chi connectivity index (χ0) is 47.4. The monoisotopic (exact) mass is 916 g/mol. The van der Waals surface area contributed by atoms with E-state index in [2.05, 4.69) is 57.3 Å². The summed E-state index contributed by atoms with van der Waals surface area (Å²) in [5.41, 5.74) is -0.0245. The average molecular weight is 917 g/mol. The molecule has 67 heavy (non-hydrogen) atoms. The van der Waals surface area contributed by atoms with Crippen LogP contribution in [-0.2, 0) is 45.8 Å². The lowest BCUT2D eigenvalue weighted by molar-refractivity contribution is -0.228. The van der Waals surface area contributed by atoms with Gasteiger partial charge in [0.15, 0.2) is 6.10 Å². The number of benzene rings is 3. The van der Waals surface area contributed by atoms with Crippen LogP contribution in [0.2, 0.25) is 0 Å². The van der Waals surface area contributed by atoms with Gasteiger partial charge in [0.2, 0.25) is 5.60 Å². The van der Waals surface area contributed by atoms with Crippen LogP contribution in [0.4, 0.5) is 5.69 Å². The number of likely N-dealkylation sites (N-methyl/N-ethyl adjacent to an activating group) is 1. The van der Waals surface area contributed by atoms with Crippen LogP contribution in [0.25, 0.3) is 22.0 Å². The van der Waals surface area contributed by atoms with E-state index in [-0.39, 0.29) is 12.0 Å². The average Bonchev–Trinajstić information content (AvgIpc) is 4.00. The van der Waals surface area contributed by atoms with Gasteiger partial charge in [0.1, 0.15) is 16.9 Å². The van der Waals surface area contributed by atoms with Crippen molar-refractivity contribution in [2.45, 2.75) is 99.5 Å². The number of piperidine rings is 1. The quantitative estimate of drug-likeness (QED) is 0.107. The first-order valence-corrected chi connectivity index (χ1v) is 23.8. The summed E-state index contributed by atoms with van der Waals surface area (Å²) in [6, 6.07) is 17.1. The SMILES string of the molecule is CC[C@]1(O)C[C@H]2CN(CCc3c([nH]c4ccc(-c5cccc(OC)c5)cc34)[C@@](C(=O)OC)(c3cc4c(cc3OC)N(C)[C@H]3[C@@](O)(C(=O)OC)[C@H](OC(C)=O)[C@]5(CC)C=CCN6CC[C@]43[C@@H]65)C2)C1. The number of aliphatic hydroxyl groups is 2. The van der Waals surface area contributed by atoms with Crippen LogP contribution in [0, 0.1) is 11.3 Å². The van der Waals surface area contributed by atoms with Crippen LogP contribution in [-0.4, -0.2) is 141 Å². The van der Waals surface area contributed by atoms with Crippen LogP contribution >= 0.6 is 0 Å². The van der Waals surface area contributed by atoms with Crippen molar-refractivity contribution >= 4 is 34.5 Å². The summed E-state index contributed by atoms with van der Waals surface area (Å²) < 4.78 is 29.8.